The number of aromatic nitrogens is 1. The SMILES string of the molecule is CN(c1cccc([C@@H]2CCCN2)n1)c1ccccc1F. The maximum Gasteiger partial charge on any atom is 0.146 e. The van der Waals surface area contributed by atoms with Crippen molar-refractivity contribution in [1.29, 1.82) is 0 Å². The summed E-state index contributed by atoms with van der Waals surface area (Å²) in [4.78, 5) is 6.45. The quantitative estimate of drug-likeness (QED) is 0.927. The molecule has 0 saturated carbocycles. The topological polar surface area (TPSA) is 28.2 Å². The number of hydrogen-bond donors (Lipinski definition) is 1. The summed E-state index contributed by atoms with van der Waals surface area (Å²) in [5, 5.41) is 3.44. The zero-order chi connectivity index (χ0) is 13.9. The van der Waals surface area contributed by atoms with Gasteiger partial charge >= 0.3 is 0 Å². The predicted molar refractivity (Wildman–Crippen MR) is 78.7 cm³/mol. The Hall–Kier alpha value is -1.94. The van der Waals surface area contributed by atoms with Gasteiger partial charge in [0.15, 0.2) is 0 Å². The van der Waals surface area contributed by atoms with Crippen LogP contribution in [0.25, 0.3) is 0 Å². The van der Waals surface area contributed by atoms with Crippen LogP contribution in [-0.2, 0) is 0 Å². The highest BCUT2D eigenvalue weighted by Gasteiger charge is 2.18. The summed E-state index contributed by atoms with van der Waals surface area (Å²) in [6.45, 7) is 1.04. The number of para-hydroxylation sites is 1. The fourth-order valence-electron chi connectivity index (χ4n) is 2.60. The van der Waals surface area contributed by atoms with Crippen molar-refractivity contribution < 1.29 is 4.39 Å². The molecule has 0 spiro atoms. The Balaban J connectivity index is 1.90. The van der Waals surface area contributed by atoms with Crippen molar-refractivity contribution >= 4 is 11.5 Å². The van der Waals surface area contributed by atoms with E-state index in [4.69, 9.17) is 0 Å². The van der Waals surface area contributed by atoms with Gasteiger partial charge in [-0.25, -0.2) is 9.37 Å². The van der Waals surface area contributed by atoms with Crippen LogP contribution in [0.15, 0.2) is 42.5 Å². The van der Waals surface area contributed by atoms with Crippen LogP contribution in [0, 0.1) is 5.82 Å². The molecule has 1 saturated heterocycles. The molecule has 2 aromatic rings. The van der Waals surface area contributed by atoms with Gasteiger partial charge < -0.3 is 10.2 Å². The molecule has 0 bridgehead atoms. The van der Waals surface area contributed by atoms with E-state index in [0.717, 1.165) is 24.5 Å². The van der Waals surface area contributed by atoms with E-state index in [1.165, 1.54) is 12.5 Å². The molecule has 0 aliphatic carbocycles. The van der Waals surface area contributed by atoms with Gasteiger partial charge in [0.05, 0.1) is 11.4 Å². The van der Waals surface area contributed by atoms with Crippen molar-refractivity contribution in [2.75, 3.05) is 18.5 Å². The van der Waals surface area contributed by atoms with E-state index < -0.39 is 0 Å². The van der Waals surface area contributed by atoms with E-state index in [2.05, 4.69) is 10.3 Å². The average molecular weight is 271 g/mol. The minimum atomic E-state index is -0.235. The summed E-state index contributed by atoms with van der Waals surface area (Å²) in [7, 11) is 1.84. The van der Waals surface area contributed by atoms with Crippen LogP contribution in [-0.4, -0.2) is 18.6 Å². The Kier molecular flexibility index (Phi) is 3.65. The van der Waals surface area contributed by atoms with E-state index in [1.807, 2.05) is 31.3 Å². The molecule has 0 amide bonds. The number of benzene rings is 1. The van der Waals surface area contributed by atoms with Crippen molar-refractivity contribution in [2.45, 2.75) is 18.9 Å². The standard InChI is InChI=1S/C16H18FN3/c1-20(15-9-3-2-6-12(15)17)16-10-4-7-14(19-16)13-8-5-11-18-13/h2-4,6-7,9-10,13,18H,5,8,11H2,1H3/t13-/m0/s1. The molecule has 3 nitrogen and oxygen atoms in total. The van der Waals surface area contributed by atoms with E-state index in [1.54, 1.807) is 17.0 Å². The van der Waals surface area contributed by atoms with Gasteiger partial charge in [0.25, 0.3) is 0 Å². The first kappa shape index (κ1) is 13.1. The zero-order valence-electron chi connectivity index (χ0n) is 11.5. The fraction of sp³-hybridized carbons (Fsp3) is 0.312. The van der Waals surface area contributed by atoms with Crippen molar-refractivity contribution in [2.24, 2.45) is 0 Å². The molecule has 1 aliphatic rings. The highest BCUT2D eigenvalue weighted by molar-refractivity contribution is 5.59. The second-order valence-electron chi connectivity index (χ2n) is 5.08. The lowest BCUT2D eigenvalue weighted by molar-refractivity contribution is 0.622. The van der Waals surface area contributed by atoms with E-state index in [0.29, 0.717) is 11.7 Å². The summed E-state index contributed by atoms with van der Waals surface area (Å²) in [5.74, 6) is 0.530. The first-order valence-corrected chi connectivity index (χ1v) is 6.94. The molecule has 3 rings (SSSR count). The Morgan fingerprint density at radius 1 is 1.20 bits per heavy atom. The van der Waals surface area contributed by atoms with Crippen molar-refractivity contribution in [3.8, 4) is 0 Å². The van der Waals surface area contributed by atoms with Crippen molar-refractivity contribution in [3.63, 3.8) is 0 Å². The number of pyridine rings is 1. The third-order valence-electron chi connectivity index (χ3n) is 3.73. The highest BCUT2D eigenvalue weighted by Crippen LogP contribution is 2.27. The maximum atomic E-state index is 13.8. The van der Waals surface area contributed by atoms with Crippen LogP contribution in [0.5, 0.6) is 0 Å². The lowest BCUT2D eigenvalue weighted by Gasteiger charge is -2.20. The van der Waals surface area contributed by atoms with Crippen LogP contribution in [0.4, 0.5) is 15.9 Å². The second-order valence-corrected chi connectivity index (χ2v) is 5.08. The van der Waals surface area contributed by atoms with E-state index >= 15 is 0 Å². The highest BCUT2D eigenvalue weighted by atomic mass is 19.1. The third-order valence-corrected chi connectivity index (χ3v) is 3.73. The zero-order valence-corrected chi connectivity index (χ0v) is 11.5. The van der Waals surface area contributed by atoms with Gasteiger partial charge in [-0.2, -0.15) is 0 Å². The Bertz CT molecular complexity index is 594. The van der Waals surface area contributed by atoms with Gasteiger partial charge in [-0.15, -0.1) is 0 Å². The Morgan fingerprint density at radius 2 is 2.05 bits per heavy atom. The van der Waals surface area contributed by atoms with Crippen molar-refractivity contribution in [1.82, 2.24) is 10.3 Å². The number of nitrogens with one attached hydrogen (secondary N) is 1. The molecule has 1 N–H and O–H groups in total. The third kappa shape index (κ3) is 2.51. The summed E-state index contributed by atoms with van der Waals surface area (Å²) < 4.78 is 13.8. The molecule has 2 heterocycles. The number of halogens is 1. The maximum absolute atomic E-state index is 13.8. The first-order chi connectivity index (χ1) is 9.75. The van der Waals surface area contributed by atoms with Gasteiger partial charge in [0, 0.05) is 13.1 Å². The van der Waals surface area contributed by atoms with E-state index in [9.17, 15) is 4.39 Å². The second kappa shape index (κ2) is 5.59. The van der Waals surface area contributed by atoms with Crippen LogP contribution < -0.4 is 10.2 Å². The van der Waals surface area contributed by atoms with Crippen LogP contribution in [0.2, 0.25) is 0 Å². The molecule has 104 valence electrons. The average Bonchev–Trinajstić information content (AvgIpc) is 3.01. The molecule has 1 aromatic carbocycles. The minimum absolute atomic E-state index is 0.235. The van der Waals surface area contributed by atoms with E-state index in [-0.39, 0.29) is 5.82 Å². The number of nitrogens with zero attached hydrogens (tertiary/aromatic N) is 2. The molecule has 1 aliphatic heterocycles. The number of rotatable bonds is 3. The van der Waals surface area contributed by atoms with Crippen LogP contribution in [0.3, 0.4) is 0 Å². The van der Waals surface area contributed by atoms with Gasteiger partial charge in [0.1, 0.15) is 11.6 Å². The smallest absolute Gasteiger partial charge is 0.146 e. The van der Waals surface area contributed by atoms with Gasteiger partial charge in [-0.05, 0) is 43.7 Å². The van der Waals surface area contributed by atoms with Gasteiger partial charge in [0.2, 0.25) is 0 Å². The largest absolute Gasteiger partial charge is 0.327 e. The first-order valence-electron chi connectivity index (χ1n) is 6.94. The molecule has 1 fully saturated rings. The summed E-state index contributed by atoms with van der Waals surface area (Å²) >= 11 is 0. The van der Waals surface area contributed by atoms with Gasteiger partial charge in [-0.3, -0.25) is 0 Å². The summed E-state index contributed by atoms with van der Waals surface area (Å²) in [5.41, 5.74) is 1.57. The molecular formula is C16H18FN3. The number of anilines is 2. The summed E-state index contributed by atoms with van der Waals surface area (Å²) in [6, 6.07) is 13.0. The van der Waals surface area contributed by atoms with Crippen LogP contribution >= 0.6 is 0 Å². The molecule has 0 radical (unpaired) electrons. The number of hydrogen-bond acceptors (Lipinski definition) is 3. The molecule has 1 aromatic heterocycles. The molecular weight excluding hydrogens is 253 g/mol. The van der Waals surface area contributed by atoms with Crippen molar-refractivity contribution in [3.05, 3.63) is 54.0 Å². The van der Waals surface area contributed by atoms with Gasteiger partial charge in [-0.1, -0.05) is 18.2 Å². The normalized spacial score (nSPS) is 18.2. The van der Waals surface area contributed by atoms with Crippen LogP contribution in [0.1, 0.15) is 24.6 Å². The molecule has 20 heavy (non-hydrogen) atoms. The Labute approximate surface area is 118 Å². The minimum Gasteiger partial charge on any atom is -0.327 e. The Morgan fingerprint density at radius 3 is 2.80 bits per heavy atom. The fourth-order valence-corrected chi connectivity index (χ4v) is 2.60. The lowest BCUT2D eigenvalue weighted by Crippen LogP contribution is -2.17. The molecule has 0 unspecified atom stereocenters. The molecule has 1 atom stereocenters. The monoisotopic (exact) mass is 271 g/mol. The lowest BCUT2D eigenvalue weighted by atomic mass is 10.1. The molecule has 4 heteroatoms. The predicted octanol–water partition coefficient (Wildman–Crippen LogP) is 3.41. The summed E-state index contributed by atoms with van der Waals surface area (Å²) in [6.07, 6.45) is 2.29.